The third kappa shape index (κ3) is 3.34. The van der Waals surface area contributed by atoms with Gasteiger partial charge in [0.05, 0.1) is 0 Å². The number of aromatic nitrogens is 2. The maximum atomic E-state index is 13.0. The van der Waals surface area contributed by atoms with Crippen LogP contribution in [0.25, 0.3) is 0 Å². The van der Waals surface area contributed by atoms with Crippen molar-refractivity contribution in [3.05, 3.63) is 51.3 Å². The van der Waals surface area contributed by atoms with Crippen LogP contribution < -0.4 is 11.2 Å². The molecule has 1 amide bonds. The van der Waals surface area contributed by atoms with Crippen LogP contribution in [0.3, 0.4) is 0 Å². The fourth-order valence-electron chi connectivity index (χ4n) is 3.34. The zero-order chi connectivity index (χ0) is 20.1. The molecule has 1 aromatic heterocycles. The standard InChI is InChI=1S/C17H15Cl2F2N5O2/c18-8-1-2-9(10(19)5-8)17(3-4-17)16-23-15(28-25-16)12-6-11(14(20)21)24-26(12)7-13(22)27/h1-2,5-6,14,16,25H,3-4,7H2,(H2,22,27). The number of rotatable bonds is 6. The number of nitrogens with one attached hydrogen (secondary N) is 1. The first-order valence-electron chi connectivity index (χ1n) is 8.40. The van der Waals surface area contributed by atoms with E-state index < -0.39 is 24.2 Å². The molecule has 0 spiro atoms. The number of carbonyl (C=O) groups excluding carboxylic acids is 1. The molecule has 1 fully saturated rings. The van der Waals surface area contributed by atoms with Crippen LogP contribution in [0.4, 0.5) is 8.78 Å². The zero-order valence-electron chi connectivity index (χ0n) is 14.3. The second-order valence-electron chi connectivity index (χ2n) is 6.72. The Hall–Kier alpha value is -2.23. The van der Waals surface area contributed by atoms with Crippen molar-refractivity contribution < 1.29 is 18.4 Å². The number of hydrogen-bond donors (Lipinski definition) is 2. The van der Waals surface area contributed by atoms with Crippen molar-refractivity contribution in [3.8, 4) is 0 Å². The summed E-state index contributed by atoms with van der Waals surface area (Å²) in [6, 6.07) is 6.39. The largest absolute Gasteiger partial charge is 0.384 e. The lowest BCUT2D eigenvalue weighted by Gasteiger charge is -2.21. The lowest BCUT2D eigenvalue weighted by Crippen LogP contribution is -2.34. The number of nitrogens with zero attached hydrogens (tertiary/aromatic N) is 3. The summed E-state index contributed by atoms with van der Waals surface area (Å²) in [5.74, 6) is -0.665. The minimum absolute atomic E-state index is 0.0574. The molecule has 1 saturated carbocycles. The van der Waals surface area contributed by atoms with Crippen molar-refractivity contribution in [2.75, 3.05) is 0 Å². The Balaban J connectivity index is 1.67. The zero-order valence-corrected chi connectivity index (χ0v) is 15.8. The molecule has 7 nitrogen and oxygen atoms in total. The van der Waals surface area contributed by atoms with Gasteiger partial charge in [-0.25, -0.2) is 13.8 Å². The molecule has 28 heavy (non-hydrogen) atoms. The van der Waals surface area contributed by atoms with Gasteiger partial charge in [0.1, 0.15) is 24.1 Å². The molecule has 0 radical (unpaired) electrons. The van der Waals surface area contributed by atoms with Crippen molar-refractivity contribution in [2.45, 2.75) is 37.4 Å². The Labute approximate surface area is 168 Å². The Morgan fingerprint density at radius 1 is 1.39 bits per heavy atom. The van der Waals surface area contributed by atoms with E-state index in [2.05, 4.69) is 15.6 Å². The van der Waals surface area contributed by atoms with Crippen molar-refractivity contribution in [1.82, 2.24) is 15.3 Å². The van der Waals surface area contributed by atoms with Crippen LogP contribution in [-0.4, -0.2) is 27.8 Å². The van der Waals surface area contributed by atoms with Crippen molar-refractivity contribution in [1.29, 1.82) is 0 Å². The van der Waals surface area contributed by atoms with E-state index in [1.54, 1.807) is 12.1 Å². The average molecular weight is 430 g/mol. The number of nitrogens with two attached hydrogens (primary N) is 1. The summed E-state index contributed by atoms with van der Waals surface area (Å²) in [6.07, 6.45) is -1.65. The molecule has 1 aliphatic carbocycles. The van der Waals surface area contributed by atoms with Gasteiger partial charge in [0.15, 0.2) is 0 Å². The monoisotopic (exact) mass is 429 g/mol. The summed E-state index contributed by atoms with van der Waals surface area (Å²) in [6.45, 7) is -0.372. The number of hydroxylamine groups is 1. The van der Waals surface area contributed by atoms with Crippen LogP contribution in [0.5, 0.6) is 0 Å². The van der Waals surface area contributed by atoms with Crippen molar-refractivity contribution >= 4 is 35.0 Å². The minimum Gasteiger partial charge on any atom is -0.384 e. The van der Waals surface area contributed by atoms with Gasteiger partial charge in [0.2, 0.25) is 5.91 Å². The quantitative estimate of drug-likeness (QED) is 0.737. The number of primary amides is 1. The molecule has 1 atom stereocenters. The predicted octanol–water partition coefficient (Wildman–Crippen LogP) is 2.95. The van der Waals surface area contributed by atoms with Gasteiger partial charge in [0, 0.05) is 15.5 Å². The van der Waals surface area contributed by atoms with Gasteiger partial charge in [-0.15, -0.1) is 5.48 Å². The van der Waals surface area contributed by atoms with Gasteiger partial charge in [-0.3, -0.25) is 9.48 Å². The topological polar surface area (TPSA) is 94.5 Å². The highest BCUT2D eigenvalue weighted by Crippen LogP contribution is 2.54. The summed E-state index contributed by atoms with van der Waals surface area (Å²) in [4.78, 5) is 21.2. The first-order valence-corrected chi connectivity index (χ1v) is 9.16. The molecule has 0 bridgehead atoms. The number of hydrogen-bond acceptors (Lipinski definition) is 5. The van der Waals surface area contributed by atoms with Gasteiger partial charge in [-0.05, 0) is 36.6 Å². The second-order valence-corrected chi connectivity index (χ2v) is 7.56. The summed E-state index contributed by atoms with van der Waals surface area (Å²) in [5, 5.41) is 4.77. The Bertz CT molecular complexity index is 974. The van der Waals surface area contributed by atoms with E-state index in [1.807, 2.05) is 6.07 Å². The van der Waals surface area contributed by atoms with Gasteiger partial charge in [0.25, 0.3) is 12.3 Å². The van der Waals surface area contributed by atoms with E-state index in [0.29, 0.717) is 10.0 Å². The highest BCUT2D eigenvalue weighted by atomic mass is 35.5. The van der Waals surface area contributed by atoms with Crippen LogP contribution in [0.2, 0.25) is 10.0 Å². The lowest BCUT2D eigenvalue weighted by atomic mass is 9.93. The number of carbonyl (C=O) groups is 1. The molecule has 2 aliphatic rings. The van der Waals surface area contributed by atoms with Crippen molar-refractivity contribution in [2.24, 2.45) is 10.7 Å². The molecule has 1 aromatic carbocycles. The summed E-state index contributed by atoms with van der Waals surface area (Å²) in [5.41, 5.74) is 8.15. The van der Waals surface area contributed by atoms with E-state index in [4.69, 9.17) is 33.8 Å². The molecule has 0 saturated heterocycles. The van der Waals surface area contributed by atoms with Crippen LogP contribution in [0.1, 0.15) is 36.2 Å². The predicted molar refractivity (Wildman–Crippen MR) is 98.3 cm³/mol. The van der Waals surface area contributed by atoms with E-state index in [-0.39, 0.29) is 23.6 Å². The maximum Gasteiger partial charge on any atom is 0.282 e. The number of benzene rings is 1. The fourth-order valence-corrected chi connectivity index (χ4v) is 3.93. The Morgan fingerprint density at radius 2 is 2.14 bits per heavy atom. The van der Waals surface area contributed by atoms with Crippen molar-refractivity contribution in [3.63, 3.8) is 0 Å². The van der Waals surface area contributed by atoms with Crippen LogP contribution >= 0.6 is 23.2 Å². The number of alkyl halides is 2. The Kier molecular flexibility index (Phi) is 4.76. The summed E-state index contributed by atoms with van der Waals surface area (Å²) in [7, 11) is 0. The maximum absolute atomic E-state index is 13.0. The van der Waals surface area contributed by atoms with Gasteiger partial charge in [-0.1, -0.05) is 29.3 Å². The third-order valence-corrected chi connectivity index (χ3v) is 5.39. The molecule has 2 aromatic rings. The number of halogens is 4. The molecule has 1 aliphatic heterocycles. The van der Waals surface area contributed by atoms with Gasteiger partial charge >= 0.3 is 0 Å². The SMILES string of the molecule is NC(=O)Cn1nc(C(F)F)cc1C1=NC(C2(c3ccc(Cl)cc3Cl)CC2)NO1. The fraction of sp³-hybridized carbons (Fsp3) is 0.353. The first-order chi connectivity index (χ1) is 13.3. The molecule has 2 heterocycles. The van der Waals surface area contributed by atoms with Gasteiger partial charge < -0.3 is 10.6 Å². The second kappa shape index (κ2) is 6.98. The van der Waals surface area contributed by atoms with Gasteiger partial charge in [-0.2, -0.15) is 5.10 Å². The molecule has 4 rings (SSSR count). The van der Waals surface area contributed by atoms with Crippen LogP contribution in [0.15, 0.2) is 29.3 Å². The van der Waals surface area contributed by atoms with E-state index in [9.17, 15) is 13.6 Å². The normalized spacial score (nSPS) is 20.2. The Morgan fingerprint density at radius 3 is 2.75 bits per heavy atom. The lowest BCUT2D eigenvalue weighted by molar-refractivity contribution is -0.118. The number of amides is 1. The summed E-state index contributed by atoms with van der Waals surface area (Å²) >= 11 is 12.3. The molecule has 148 valence electrons. The van der Waals surface area contributed by atoms with E-state index >= 15 is 0 Å². The highest BCUT2D eigenvalue weighted by Gasteiger charge is 2.54. The molecular formula is C17H15Cl2F2N5O2. The third-order valence-electron chi connectivity index (χ3n) is 4.84. The van der Waals surface area contributed by atoms with Crippen LogP contribution in [-0.2, 0) is 21.6 Å². The van der Waals surface area contributed by atoms with E-state index in [0.717, 1.165) is 29.2 Å². The molecule has 3 N–H and O–H groups in total. The number of aliphatic imine (C=N–C) groups is 1. The average Bonchev–Trinajstić information content (AvgIpc) is 3.07. The molecule has 11 heteroatoms. The smallest absolute Gasteiger partial charge is 0.282 e. The minimum atomic E-state index is -2.80. The van der Waals surface area contributed by atoms with Crippen LogP contribution in [0, 0.1) is 0 Å². The summed E-state index contributed by atoms with van der Waals surface area (Å²) < 4.78 is 27.1. The molecule has 1 unspecified atom stereocenters. The first kappa shape index (κ1) is 19.1. The van der Waals surface area contributed by atoms with E-state index in [1.165, 1.54) is 0 Å². The molecular weight excluding hydrogens is 415 g/mol. The highest BCUT2D eigenvalue weighted by molar-refractivity contribution is 6.35.